The summed E-state index contributed by atoms with van der Waals surface area (Å²) < 4.78 is 26.4. The van der Waals surface area contributed by atoms with Gasteiger partial charge in [0.15, 0.2) is 0 Å². The van der Waals surface area contributed by atoms with E-state index in [2.05, 4.69) is 25.5 Å². The predicted octanol–water partition coefficient (Wildman–Crippen LogP) is 3.07. The van der Waals surface area contributed by atoms with Crippen LogP contribution in [0.2, 0.25) is 0 Å². The van der Waals surface area contributed by atoms with E-state index >= 15 is 0 Å². The van der Waals surface area contributed by atoms with Crippen molar-refractivity contribution in [3.05, 3.63) is 47.8 Å². The van der Waals surface area contributed by atoms with Gasteiger partial charge in [-0.1, -0.05) is 0 Å². The maximum Gasteiger partial charge on any atom is 0.319 e. The van der Waals surface area contributed by atoms with Gasteiger partial charge in [-0.15, -0.1) is 0 Å². The largest absolute Gasteiger partial charge is 0.341 e. The number of rotatable bonds is 4. The van der Waals surface area contributed by atoms with Crippen molar-refractivity contribution in [2.75, 3.05) is 23.3 Å². The Kier molecular flexibility index (Phi) is 5.37. The van der Waals surface area contributed by atoms with Crippen LogP contribution >= 0.6 is 0 Å². The van der Waals surface area contributed by atoms with Crippen LogP contribution in [-0.4, -0.2) is 29.1 Å². The second kappa shape index (κ2) is 7.87. The normalized spacial score (nSPS) is 14.2. The molecule has 25 heavy (non-hydrogen) atoms. The molecule has 1 aromatic carbocycles. The van der Waals surface area contributed by atoms with Crippen LogP contribution in [0.15, 0.2) is 30.5 Å². The van der Waals surface area contributed by atoms with Gasteiger partial charge in [0.1, 0.15) is 11.6 Å². The van der Waals surface area contributed by atoms with Crippen LogP contribution in [0, 0.1) is 11.6 Å². The minimum absolute atomic E-state index is 0.0874. The van der Waals surface area contributed by atoms with E-state index in [1.54, 1.807) is 12.3 Å². The zero-order chi connectivity index (χ0) is 17.6. The molecule has 1 aromatic heterocycles. The molecule has 0 radical (unpaired) electrons. The number of nitrogens with zero attached hydrogens (tertiary/aromatic N) is 3. The van der Waals surface area contributed by atoms with Crippen LogP contribution in [0.4, 0.5) is 25.2 Å². The molecule has 1 fully saturated rings. The second-order valence-corrected chi connectivity index (χ2v) is 5.83. The monoisotopic (exact) mass is 347 g/mol. The Bertz CT molecular complexity index is 750. The number of hydrogen-bond acceptors (Lipinski definition) is 4. The van der Waals surface area contributed by atoms with E-state index in [-0.39, 0.29) is 12.2 Å². The van der Waals surface area contributed by atoms with Crippen LogP contribution in [0.3, 0.4) is 0 Å². The minimum atomic E-state index is -0.829. The number of piperidine rings is 1. The fourth-order valence-corrected chi connectivity index (χ4v) is 2.66. The summed E-state index contributed by atoms with van der Waals surface area (Å²) in [5.41, 5.74) is 0.570. The van der Waals surface area contributed by atoms with Crippen molar-refractivity contribution in [2.45, 2.75) is 25.8 Å². The van der Waals surface area contributed by atoms with Gasteiger partial charge in [0.25, 0.3) is 0 Å². The van der Waals surface area contributed by atoms with Gasteiger partial charge in [0, 0.05) is 25.4 Å². The highest BCUT2D eigenvalue weighted by atomic mass is 19.1. The molecule has 0 atom stereocenters. The highest BCUT2D eigenvalue weighted by molar-refractivity contribution is 5.89. The van der Waals surface area contributed by atoms with Crippen molar-refractivity contribution < 1.29 is 13.6 Å². The van der Waals surface area contributed by atoms with Gasteiger partial charge in [-0.25, -0.2) is 23.5 Å². The van der Waals surface area contributed by atoms with Crippen LogP contribution in [0.1, 0.15) is 25.0 Å². The van der Waals surface area contributed by atoms with E-state index in [9.17, 15) is 13.6 Å². The molecular formula is C17H19F2N5O. The molecule has 6 nitrogen and oxygen atoms in total. The molecule has 8 heteroatoms. The van der Waals surface area contributed by atoms with Crippen molar-refractivity contribution in [3.63, 3.8) is 0 Å². The van der Waals surface area contributed by atoms with Gasteiger partial charge in [-0.2, -0.15) is 0 Å². The molecule has 0 unspecified atom stereocenters. The molecule has 0 saturated carbocycles. The number of amides is 2. The maximum absolute atomic E-state index is 13.5. The first-order valence-electron chi connectivity index (χ1n) is 8.18. The van der Waals surface area contributed by atoms with Gasteiger partial charge in [-0.3, -0.25) is 0 Å². The fourth-order valence-electron chi connectivity index (χ4n) is 2.66. The smallest absolute Gasteiger partial charge is 0.319 e. The Hall–Kier alpha value is -2.77. The number of aromatic nitrogens is 2. The number of hydrogen-bond donors (Lipinski definition) is 2. The number of anilines is 2. The lowest BCUT2D eigenvalue weighted by Gasteiger charge is -2.26. The first kappa shape index (κ1) is 17.1. The van der Waals surface area contributed by atoms with Crippen molar-refractivity contribution in [1.29, 1.82) is 0 Å². The summed E-state index contributed by atoms with van der Waals surface area (Å²) in [5, 5.41) is 4.94. The molecule has 1 aliphatic rings. The summed E-state index contributed by atoms with van der Waals surface area (Å²) in [6.45, 7) is 2.04. The first-order valence-corrected chi connectivity index (χ1v) is 8.18. The number of nitrogens with one attached hydrogen (secondary N) is 2. The number of benzene rings is 1. The number of carbonyl (C=O) groups excluding carboxylic acids is 1. The van der Waals surface area contributed by atoms with Crippen molar-refractivity contribution in [3.8, 4) is 0 Å². The lowest BCUT2D eigenvalue weighted by Crippen LogP contribution is -2.32. The van der Waals surface area contributed by atoms with E-state index in [4.69, 9.17) is 0 Å². The number of carbonyl (C=O) groups is 1. The van der Waals surface area contributed by atoms with E-state index in [0.717, 1.165) is 32.0 Å². The zero-order valence-corrected chi connectivity index (χ0v) is 13.6. The standard InChI is InChI=1S/C17H19F2N5O/c18-12-4-5-15(14(19)10-12)23-17(25)21-11-13-6-7-20-16(22-13)24-8-2-1-3-9-24/h4-7,10H,1-3,8-9,11H2,(H2,21,23,25). The van der Waals surface area contributed by atoms with Crippen molar-refractivity contribution in [1.82, 2.24) is 15.3 Å². The van der Waals surface area contributed by atoms with E-state index < -0.39 is 17.7 Å². The molecule has 0 bridgehead atoms. The van der Waals surface area contributed by atoms with Gasteiger partial charge >= 0.3 is 6.03 Å². The van der Waals surface area contributed by atoms with E-state index in [0.29, 0.717) is 17.7 Å². The molecule has 1 saturated heterocycles. The molecule has 2 amide bonds. The van der Waals surface area contributed by atoms with Crippen LogP contribution in [0.5, 0.6) is 0 Å². The van der Waals surface area contributed by atoms with Crippen molar-refractivity contribution in [2.24, 2.45) is 0 Å². The summed E-state index contributed by atoms with van der Waals surface area (Å²) in [5.74, 6) is -0.872. The lowest BCUT2D eigenvalue weighted by atomic mass is 10.1. The zero-order valence-electron chi connectivity index (χ0n) is 13.6. The summed E-state index contributed by atoms with van der Waals surface area (Å²) >= 11 is 0. The molecule has 3 rings (SSSR count). The Morgan fingerprint density at radius 2 is 1.96 bits per heavy atom. The third-order valence-corrected chi connectivity index (χ3v) is 3.95. The fraction of sp³-hybridized carbons (Fsp3) is 0.353. The summed E-state index contributed by atoms with van der Waals surface area (Å²) in [6.07, 6.45) is 5.12. The van der Waals surface area contributed by atoms with E-state index in [1.807, 2.05) is 0 Å². The summed E-state index contributed by atoms with van der Waals surface area (Å²) in [7, 11) is 0. The number of urea groups is 1. The summed E-state index contributed by atoms with van der Waals surface area (Å²) in [4.78, 5) is 22.7. The highest BCUT2D eigenvalue weighted by Crippen LogP contribution is 2.16. The average molecular weight is 347 g/mol. The molecule has 132 valence electrons. The molecule has 0 spiro atoms. The molecular weight excluding hydrogens is 328 g/mol. The number of halogens is 2. The summed E-state index contributed by atoms with van der Waals surface area (Å²) in [6, 6.07) is 4.08. The first-order chi connectivity index (χ1) is 12.1. The quantitative estimate of drug-likeness (QED) is 0.892. The van der Waals surface area contributed by atoms with E-state index in [1.165, 1.54) is 12.5 Å². The van der Waals surface area contributed by atoms with Gasteiger partial charge < -0.3 is 15.5 Å². The molecule has 2 N–H and O–H groups in total. The SMILES string of the molecule is O=C(NCc1ccnc(N2CCCCC2)n1)Nc1ccc(F)cc1F. The third kappa shape index (κ3) is 4.62. The Morgan fingerprint density at radius 1 is 1.16 bits per heavy atom. The maximum atomic E-state index is 13.5. The Morgan fingerprint density at radius 3 is 2.72 bits per heavy atom. The Balaban J connectivity index is 1.56. The molecule has 2 heterocycles. The van der Waals surface area contributed by atoms with Gasteiger partial charge in [0.05, 0.1) is 17.9 Å². The van der Waals surface area contributed by atoms with Gasteiger partial charge in [0.2, 0.25) is 5.95 Å². The highest BCUT2D eigenvalue weighted by Gasteiger charge is 2.14. The lowest BCUT2D eigenvalue weighted by molar-refractivity contribution is 0.251. The van der Waals surface area contributed by atoms with Crippen LogP contribution < -0.4 is 15.5 Å². The van der Waals surface area contributed by atoms with Crippen molar-refractivity contribution >= 4 is 17.7 Å². The van der Waals surface area contributed by atoms with Crippen LogP contribution in [0.25, 0.3) is 0 Å². The molecule has 2 aromatic rings. The second-order valence-electron chi connectivity index (χ2n) is 5.83. The Labute approximate surface area is 144 Å². The van der Waals surface area contributed by atoms with Crippen LogP contribution in [-0.2, 0) is 6.54 Å². The van der Waals surface area contributed by atoms with Gasteiger partial charge in [-0.05, 0) is 37.5 Å². The molecule has 0 aliphatic carbocycles. The molecule has 1 aliphatic heterocycles. The predicted molar refractivity (Wildman–Crippen MR) is 90.3 cm³/mol. The topological polar surface area (TPSA) is 70.2 Å². The third-order valence-electron chi connectivity index (χ3n) is 3.95. The minimum Gasteiger partial charge on any atom is -0.341 e. The average Bonchev–Trinajstić information content (AvgIpc) is 2.63.